The number of nitrogens with zero attached hydrogens (tertiary/aromatic N) is 1. The molecule has 1 rings (SSSR count). The van der Waals surface area contributed by atoms with E-state index >= 15 is 0 Å². The molecule has 1 fully saturated rings. The average Bonchev–Trinajstić information content (AvgIpc) is 2.68. The molecule has 0 aromatic heterocycles. The van der Waals surface area contributed by atoms with Gasteiger partial charge in [-0.1, -0.05) is 12.8 Å². The molecule has 0 amide bonds. The highest BCUT2D eigenvalue weighted by Gasteiger charge is 2.17. The van der Waals surface area contributed by atoms with Crippen LogP contribution in [0.2, 0.25) is 0 Å². The molecule has 1 saturated carbocycles. The van der Waals surface area contributed by atoms with Crippen molar-refractivity contribution in [2.45, 2.75) is 51.2 Å². The van der Waals surface area contributed by atoms with E-state index in [0.717, 1.165) is 0 Å². The Morgan fingerprint density at radius 3 is 2.60 bits per heavy atom. The van der Waals surface area contributed by atoms with Crippen LogP contribution < -0.4 is 11.1 Å². The number of hydrogen-bond donors (Lipinski definition) is 2. The molecular formula is C11H23N3O. The summed E-state index contributed by atoms with van der Waals surface area (Å²) < 4.78 is 5.27. The van der Waals surface area contributed by atoms with Crippen LogP contribution >= 0.6 is 0 Å². The molecule has 1 aliphatic rings. The lowest BCUT2D eigenvalue weighted by molar-refractivity contribution is 0.0311. The zero-order chi connectivity index (χ0) is 11.3. The van der Waals surface area contributed by atoms with Crippen LogP contribution in [0.25, 0.3) is 0 Å². The number of methoxy groups -OCH3 is 1. The molecule has 0 aromatic rings. The Hall–Kier alpha value is -0.770. The Morgan fingerprint density at radius 2 is 2.07 bits per heavy atom. The summed E-state index contributed by atoms with van der Waals surface area (Å²) in [6, 6.07) is 0.527. The van der Waals surface area contributed by atoms with E-state index in [1.165, 1.54) is 25.7 Å². The number of rotatable bonds is 4. The van der Waals surface area contributed by atoms with Crippen LogP contribution in [0.15, 0.2) is 4.99 Å². The summed E-state index contributed by atoms with van der Waals surface area (Å²) in [6.45, 7) is 4.59. The third-order valence-corrected chi connectivity index (χ3v) is 2.89. The van der Waals surface area contributed by atoms with Gasteiger partial charge in [-0.15, -0.1) is 0 Å². The number of aliphatic imine (C=N–C) groups is 1. The topological polar surface area (TPSA) is 59.6 Å². The van der Waals surface area contributed by atoms with Crippen LogP contribution in [-0.2, 0) is 4.74 Å². The van der Waals surface area contributed by atoms with E-state index in [-0.39, 0.29) is 5.60 Å². The predicted molar refractivity (Wildman–Crippen MR) is 63.0 cm³/mol. The minimum Gasteiger partial charge on any atom is -0.377 e. The van der Waals surface area contributed by atoms with Crippen molar-refractivity contribution >= 4 is 5.96 Å². The van der Waals surface area contributed by atoms with Crippen molar-refractivity contribution in [2.24, 2.45) is 10.7 Å². The zero-order valence-electron chi connectivity index (χ0n) is 10.0. The van der Waals surface area contributed by atoms with E-state index in [1.807, 2.05) is 13.8 Å². The van der Waals surface area contributed by atoms with Crippen molar-refractivity contribution < 1.29 is 4.74 Å². The van der Waals surface area contributed by atoms with Crippen molar-refractivity contribution in [3.8, 4) is 0 Å². The van der Waals surface area contributed by atoms with Crippen LogP contribution in [0.3, 0.4) is 0 Å². The minimum absolute atomic E-state index is 0.234. The summed E-state index contributed by atoms with van der Waals surface area (Å²) in [6.07, 6.45) is 5.02. The lowest BCUT2D eigenvalue weighted by Gasteiger charge is -2.21. The Balaban J connectivity index is 2.32. The van der Waals surface area contributed by atoms with Crippen molar-refractivity contribution in [1.29, 1.82) is 0 Å². The largest absolute Gasteiger partial charge is 0.377 e. The number of nitrogens with one attached hydrogen (secondary N) is 1. The quantitative estimate of drug-likeness (QED) is 0.546. The highest BCUT2D eigenvalue weighted by Crippen LogP contribution is 2.17. The highest BCUT2D eigenvalue weighted by molar-refractivity contribution is 5.78. The summed E-state index contributed by atoms with van der Waals surface area (Å²) >= 11 is 0. The molecule has 0 atom stereocenters. The first-order valence-corrected chi connectivity index (χ1v) is 5.65. The summed E-state index contributed by atoms with van der Waals surface area (Å²) in [5.74, 6) is 0.548. The maximum atomic E-state index is 5.80. The Kier molecular flexibility index (Phi) is 4.39. The molecule has 1 aliphatic carbocycles. The average molecular weight is 213 g/mol. The third-order valence-electron chi connectivity index (χ3n) is 2.89. The lowest BCUT2D eigenvalue weighted by atomic mass is 10.1. The first-order valence-electron chi connectivity index (χ1n) is 5.65. The van der Waals surface area contributed by atoms with E-state index in [4.69, 9.17) is 10.5 Å². The number of nitrogens with two attached hydrogens (primary N) is 1. The van der Waals surface area contributed by atoms with E-state index in [2.05, 4.69) is 10.3 Å². The van der Waals surface area contributed by atoms with Gasteiger partial charge in [0.2, 0.25) is 0 Å². The maximum Gasteiger partial charge on any atom is 0.188 e. The van der Waals surface area contributed by atoms with Crippen molar-refractivity contribution in [2.75, 3.05) is 13.7 Å². The maximum absolute atomic E-state index is 5.80. The number of guanidine groups is 1. The molecule has 0 saturated heterocycles. The molecule has 0 spiro atoms. The van der Waals surface area contributed by atoms with E-state index in [9.17, 15) is 0 Å². The summed E-state index contributed by atoms with van der Waals surface area (Å²) in [5, 5.41) is 3.25. The van der Waals surface area contributed by atoms with Crippen molar-refractivity contribution in [3.63, 3.8) is 0 Å². The van der Waals surface area contributed by atoms with Gasteiger partial charge in [-0.25, -0.2) is 0 Å². The second-order valence-corrected chi connectivity index (χ2v) is 4.79. The second kappa shape index (κ2) is 5.35. The normalized spacial score (nSPS) is 19.5. The third kappa shape index (κ3) is 4.51. The molecule has 0 heterocycles. The van der Waals surface area contributed by atoms with Crippen LogP contribution in [0.5, 0.6) is 0 Å². The molecule has 3 N–H and O–H groups in total. The minimum atomic E-state index is -0.234. The van der Waals surface area contributed by atoms with Crippen LogP contribution in [0.1, 0.15) is 39.5 Å². The molecule has 15 heavy (non-hydrogen) atoms. The SMILES string of the molecule is COC(C)(C)CN=C(N)NC1CCCC1. The molecule has 88 valence electrons. The number of hydrogen-bond acceptors (Lipinski definition) is 2. The standard InChI is InChI=1S/C11H23N3O/c1-11(2,15-3)8-13-10(12)14-9-6-4-5-7-9/h9H,4-8H2,1-3H3,(H3,12,13,14). The van der Waals surface area contributed by atoms with E-state index in [1.54, 1.807) is 7.11 Å². The molecule has 0 aromatic carbocycles. The van der Waals surface area contributed by atoms with Gasteiger partial charge in [0.05, 0.1) is 12.1 Å². The molecule has 4 nitrogen and oxygen atoms in total. The molecule has 0 bridgehead atoms. The molecule has 0 aliphatic heterocycles. The first-order chi connectivity index (χ1) is 7.03. The van der Waals surface area contributed by atoms with Gasteiger partial charge in [-0.3, -0.25) is 4.99 Å². The van der Waals surface area contributed by atoms with Crippen LogP contribution in [-0.4, -0.2) is 31.3 Å². The van der Waals surface area contributed by atoms with Gasteiger partial charge in [0.15, 0.2) is 5.96 Å². The fourth-order valence-corrected chi connectivity index (χ4v) is 1.67. The van der Waals surface area contributed by atoms with Gasteiger partial charge in [0.1, 0.15) is 0 Å². The first kappa shape index (κ1) is 12.3. The van der Waals surface area contributed by atoms with Gasteiger partial charge in [-0.05, 0) is 26.7 Å². The summed E-state index contributed by atoms with van der Waals surface area (Å²) in [7, 11) is 1.69. The fourth-order valence-electron chi connectivity index (χ4n) is 1.67. The highest BCUT2D eigenvalue weighted by atomic mass is 16.5. The monoisotopic (exact) mass is 213 g/mol. The lowest BCUT2D eigenvalue weighted by Crippen LogP contribution is -2.40. The molecular weight excluding hydrogens is 190 g/mol. The van der Waals surface area contributed by atoms with Gasteiger partial charge in [-0.2, -0.15) is 0 Å². The Labute approximate surface area is 92.3 Å². The molecule has 0 unspecified atom stereocenters. The van der Waals surface area contributed by atoms with Crippen LogP contribution in [0.4, 0.5) is 0 Å². The van der Waals surface area contributed by atoms with Crippen molar-refractivity contribution in [3.05, 3.63) is 0 Å². The Morgan fingerprint density at radius 1 is 1.47 bits per heavy atom. The van der Waals surface area contributed by atoms with Crippen LogP contribution in [0, 0.1) is 0 Å². The summed E-state index contributed by atoms with van der Waals surface area (Å²) in [4.78, 5) is 4.29. The van der Waals surface area contributed by atoms with Gasteiger partial charge >= 0.3 is 0 Å². The van der Waals surface area contributed by atoms with E-state index in [0.29, 0.717) is 18.5 Å². The molecule has 4 heteroatoms. The van der Waals surface area contributed by atoms with Crippen molar-refractivity contribution in [1.82, 2.24) is 5.32 Å². The van der Waals surface area contributed by atoms with Gasteiger partial charge < -0.3 is 15.8 Å². The smallest absolute Gasteiger partial charge is 0.188 e. The fraction of sp³-hybridized carbons (Fsp3) is 0.909. The van der Waals surface area contributed by atoms with Gasteiger partial charge in [0.25, 0.3) is 0 Å². The number of ether oxygens (including phenoxy) is 1. The second-order valence-electron chi connectivity index (χ2n) is 4.79. The van der Waals surface area contributed by atoms with E-state index < -0.39 is 0 Å². The molecule has 0 radical (unpaired) electrons. The summed E-state index contributed by atoms with van der Waals surface area (Å²) in [5.41, 5.74) is 5.56. The predicted octanol–water partition coefficient (Wildman–Crippen LogP) is 1.26. The Bertz CT molecular complexity index is 220. The zero-order valence-corrected chi connectivity index (χ0v) is 10.0. The van der Waals surface area contributed by atoms with Gasteiger partial charge in [0, 0.05) is 13.2 Å².